The van der Waals surface area contributed by atoms with E-state index in [0.29, 0.717) is 22.1 Å². The Morgan fingerprint density at radius 1 is 0.800 bits per heavy atom. The second kappa shape index (κ2) is 8.67. The maximum absolute atomic E-state index is 13.3. The summed E-state index contributed by atoms with van der Waals surface area (Å²) in [4.78, 5) is 28.9. The third-order valence-electron chi connectivity index (χ3n) is 4.29. The zero-order valence-electron chi connectivity index (χ0n) is 15.6. The van der Waals surface area contributed by atoms with Crippen LogP contribution >= 0.6 is 11.3 Å². The third-order valence-corrected chi connectivity index (χ3v) is 5.04. The SMILES string of the molecule is O=C(Nc1ccc(-c2csc(NC(=O)c3cccc(F)c3)n2)cc1)c1ccccc1. The van der Waals surface area contributed by atoms with Crippen LogP contribution in [0.1, 0.15) is 20.7 Å². The molecule has 30 heavy (non-hydrogen) atoms. The van der Waals surface area contributed by atoms with E-state index in [1.165, 1.54) is 35.6 Å². The van der Waals surface area contributed by atoms with E-state index in [-0.39, 0.29) is 11.5 Å². The number of aromatic nitrogens is 1. The molecule has 4 aromatic rings. The topological polar surface area (TPSA) is 71.1 Å². The smallest absolute Gasteiger partial charge is 0.257 e. The minimum Gasteiger partial charge on any atom is -0.322 e. The molecule has 4 rings (SSSR count). The number of nitrogens with zero attached hydrogens (tertiary/aromatic N) is 1. The maximum atomic E-state index is 13.3. The van der Waals surface area contributed by atoms with Gasteiger partial charge in [0.15, 0.2) is 5.13 Å². The molecule has 0 bridgehead atoms. The fraction of sp³-hybridized carbons (Fsp3) is 0. The molecular weight excluding hydrogens is 401 g/mol. The Hall–Kier alpha value is -3.84. The van der Waals surface area contributed by atoms with Crippen LogP contribution in [-0.2, 0) is 0 Å². The van der Waals surface area contributed by atoms with Crippen LogP contribution in [0, 0.1) is 5.82 Å². The first-order valence-corrected chi connectivity index (χ1v) is 9.96. The van der Waals surface area contributed by atoms with E-state index >= 15 is 0 Å². The lowest BCUT2D eigenvalue weighted by Crippen LogP contribution is -2.11. The van der Waals surface area contributed by atoms with Crippen molar-refractivity contribution in [1.29, 1.82) is 0 Å². The summed E-state index contributed by atoms with van der Waals surface area (Å²) in [5.74, 6) is -1.07. The highest BCUT2D eigenvalue weighted by Crippen LogP contribution is 2.26. The number of halogens is 1. The first-order valence-electron chi connectivity index (χ1n) is 9.08. The number of benzene rings is 3. The highest BCUT2D eigenvalue weighted by atomic mass is 32.1. The zero-order valence-corrected chi connectivity index (χ0v) is 16.4. The van der Waals surface area contributed by atoms with Crippen LogP contribution in [0.25, 0.3) is 11.3 Å². The molecule has 5 nitrogen and oxygen atoms in total. The van der Waals surface area contributed by atoms with Gasteiger partial charge >= 0.3 is 0 Å². The summed E-state index contributed by atoms with van der Waals surface area (Å²) in [7, 11) is 0. The van der Waals surface area contributed by atoms with Gasteiger partial charge in [0.05, 0.1) is 5.69 Å². The fourth-order valence-corrected chi connectivity index (χ4v) is 3.49. The van der Waals surface area contributed by atoms with Crippen molar-refractivity contribution >= 4 is 34.0 Å². The Morgan fingerprint density at radius 3 is 2.23 bits per heavy atom. The number of carbonyl (C=O) groups excluding carboxylic acids is 2. The summed E-state index contributed by atoms with van der Waals surface area (Å²) in [6, 6.07) is 21.7. The molecule has 0 unspecified atom stereocenters. The van der Waals surface area contributed by atoms with E-state index in [4.69, 9.17) is 0 Å². The van der Waals surface area contributed by atoms with Crippen LogP contribution in [0.3, 0.4) is 0 Å². The van der Waals surface area contributed by atoms with Crippen LogP contribution in [0.4, 0.5) is 15.2 Å². The molecule has 0 saturated heterocycles. The molecule has 1 heterocycles. The minimum absolute atomic E-state index is 0.181. The van der Waals surface area contributed by atoms with Crippen molar-refractivity contribution in [3.05, 3.63) is 101 Å². The average molecular weight is 417 g/mol. The summed E-state index contributed by atoms with van der Waals surface area (Å²) in [6.45, 7) is 0. The van der Waals surface area contributed by atoms with Crippen LogP contribution < -0.4 is 10.6 Å². The van der Waals surface area contributed by atoms with Crippen LogP contribution in [0.15, 0.2) is 84.2 Å². The normalized spacial score (nSPS) is 10.4. The minimum atomic E-state index is -0.470. The third kappa shape index (κ3) is 4.59. The van der Waals surface area contributed by atoms with Crippen molar-refractivity contribution in [2.45, 2.75) is 0 Å². The van der Waals surface area contributed by atoms with Crippen molar-refractivity contribution in [3.8, 4) is 11.3 Å². The number of hydrogen-bond donors (Lipinski definition) is 2. The van der Waals surface area contributed by atoms with Crippen molar-refractivity contribution in [1.82, 2.24) is 4.98 Å². The summed E-state index contributed by atoms with van der Waals surface area (Å²) in [5.41, 5.74) is 3.01. The molecule has 0 atom stereocenters. The van der Waals surface area contributed by atoms with Gasteiger partial charge in [-0.15, -0.1) is 11.3 Å². The van der Waals surface area contributed by atoms with Gasteiger partial charge in [0.25, 0.3) is 11.8 Å². The summed E-state index contributed by atoms with van der Waals surface area (Å²) >= 11 is 1.28. The van der Waals surface area contributed by atoms with Crippen LogP contribution in [-0.4, -0.2) is 16.8 Å². The zero-order chi connectivity index (χ0) is 20.9. The largest absolute Gasteiger partial charge is 0.322 e. The second-order valence-electron chi connectivity index (χ2n) is 6.40. The Balaban J connectivity index is 1.42. The van der Waals surface area contributed by atoms with E-state index in [1.807, 2.05) is 35.7 Å². The second-order valence-corrected chi connectivity index (χ2v) is 7.26. The van der Waals surface area contributed by atoms with E-state index in [2.05, 4.69) is 15.6 Å². The molecular formula is C23H16FN3O2S. The van der Waals surface area contributed by atoms with E-state index in [1.54, 1.807) is 24.3 Å². The number of carbonyl (C=O) groups is 2. The summed E-state index contributed by atoms with van der Waals surface area (Å²) in [5, 5.41) is 7.76. The molecule has 0 aliphatic heterocycles. The van der Waals surface area contributed by atoms with Gasteiger partial charge in [-0.2, -0.15) is 0 Å². The Morgan fingerprint density at radius 2 is 1.50 bits per heavy atom. The van der Waals surface area contributed by atoms with Crippen molar-refractivity contribution in [2.75, 3.05) is 10.6 Å². The number of nitrogens with one attached hydrogen (secondary N) is 2. The molecule has 1 aromatic heterocycles. The molecule has 3 aromatic carbocycles. The van der Waals surface area contributed by atoms with Crippen molar-refractivity contribution in [2.24, 2.45) is 0 Å². The van der Waals surface area contributed by atoms with Gasteiger partial charge in [-0.05, 0) is 42.5 Å². The maximum Gasteiger partial charge on any atom is 0.257 e. The molecule has 0 saturated carbocycles. The van der Waals surface area contributed by atoms with Crippen LogP contribution in [0.5, 0.6) is 0 Å². The lowest BCUT2D eigenvalue weighted by molar-refractivity contribution is 0.101. The van der Waals surface area contributed by atoms with Gasteiger partial charge in [-0.1, -0.05) is 36.4 Å². The first-order chi connectivity index (χ1) is 14.6. The molecule has 148 valence electrons. The summed E-state index contributed by atoms with van der Waals surface area (Å²) < 4.78 is 13.3. The Bertz CT molecular complexity index is 1190. The van der Waals surface area contributed by atoms with Crippen molar-refractivity contribution < 1.29 is 14.0 Å². The Kier molecular flexibility index (Phi) is 5.63. The van der Waals surface area contributed by atoms with Gasteiger partial charge < -0.3 is 5.32 Å². The van der Waals surface area contributed by atoms with Gasteiger partial charge in [0.2, 0.25) is 0 Å². The monoisotopic (exact) mass is 417 g/mol. The van der Waals surface area contributed by atoms with Crippen molar-refractivity contribution in [3.63, 3.8) is 0 Å². The standard InChI is InChI=1S/C23H16FN3O2S/c24-18-8-4-7-17(13-18)22(29)27-23-26-20(14-30-23)15-9-11-19(12-10-15)25-21(28)16-5-2-1-3-6-16/h1-14H,(H,25,28)(H,26,27,29). The number of rotatable bonds is 5. The first kappa shape index (κ1) is 19.5. The van der Waals surface area contributed by atoms with Gasteiger partial charge in [-0.3, -0.25) is 14.9 Å². The predicted molar refractivity (Wildman–Crippen MR) is 116 cm³/mol. The summed E-state index contributed by atoms with van der Waals surface area (Å²) in [6.07, 6.45) is 0. The molecule has 7 heteroatoms. The molecule has 2 amide bonds. The quantitative estimate of drug-likeness (QED) is 0.453. The molecule has 0 aliphatic carbocycles. The number of thiazole rings is 1. The molecule has 0 fully saturated rings. The van der Waals surface area contributed by atoms with Crippen LogP contribution in [0.2, 0.25) is 0 Å². The molecule has 0 spiro atoms. The molecule has 0 radical (unpaired) electrons. The predicted octanol–water partition coefficient (Wildman–Crippen LogP) is 5.45. The van der Waals surface area contributed by atoms with Gasteiger partial charge in [-0.25, -0.2) is 9.37 Å². The van der Waals surface area contributed by atoms with Gasteiger partial charge in [0.1, 0.15) is 5.82 Å². The van der Waals surface area contributed by atoms with E-state index < -0.39 is 11.7 Å². The molecule has 2 N–H and O–H groups in total. The number of amides is 2. The highest BCUT2D eigenvalue weighted by molar-refractivity contribution is 7.14. The average Bonchev–Trinajstić information content (AvgIpc) is 3.23. The van der Waals surface area contributed by atoms with Gasteiger partial charge in [0, 0.05) is 27.8 Å². The molecule has 0 aliphatic rings. The lowest BCUT2D eigenvalue weighted by atomic mass is 10.1. The number of anilines is 2. The Labute approximate surface area is 176 Å². The lowest BCUT2D eigenvalue weighted by Gasteiger charge is -2.06. The fourth-order valence-electron chi connectivity index (χ4n) is 2.78. The van der Waals surface area contributed by atoms with E-state index in [9.17, 15) is 14.0 Å². The van der Waals surface area contributed by atoms with E-state index in [0.717, 1.165) is 5.56 Å². The highest BCUT2D eigenvalue weighted by Gasteiger charge is 2.11. The number of hydrogen-bond acceptors (Lipinski definition) is 4.